The van der Waals surface area contributed by atoms with Crippen LogP contribution in [0, 0.1) is 5.82 Å². The number of carbonyl (C=O) groups excluding carboxylic acids is 1. The van der Waals surface area contributed by atoms with Crippen molar-refractivity contribution in [3.63, 3.8) is 0 Å². The summed E-state index contributed by atoms with van der Waals surface area (Å²) in [7, 11) is 0. The van der Waals surface area contributed by atoms with Crippen LogP contribution in [-0.4, -0.2) is 32.4 Å². The van der Waals surface area contributed by atoms with Crippen LogP contribution in [0.5, 0.6) is 0 Å². The number of rotatable bonds is 7. The van der Waals surface area contributed by atoms with E-state index in [2.05, 4.69) is 20.6 Å². The Labute approximate surface area is 182 Å². The van der Waals surface area contributed by atoms with E-state index in [4.69, 9.17) is 4.52 Å². The molecule has 0 saturated carbocycles. The minimum absolute atomic E-state index is 0.0783. The zero-order valence-corrected chi connectivity index (χ0v) is 17.2. The van der Waals surface area contributed by atoms with E-state index < -0.39 is 5.91 Å². The maximum Gasteiger partial charge on any atom is 0.316 e. The SMILES string of the molecule is C[C@H](CNC(=O)c1nc(Cn2nc(-c3ccc(F)cc3)ccc2=O)no1)c1ccccc1. The van der Waals surface area contributed by atoms with Crippen molar-refractivity contribution >= 4 is 5.91 Å². The van der Waals surface area contributed by atoms with Crippen molar-refractivity contribution in [2.24, 2.45) is 0 Å². The molecule has 0 aliphatic heterocycles. The maximum atomic E-state index is 13.2. The molecule has 0 fully saturated rings. The van der Waals surface area contributed by atoms with Gasteiger partial charge in [-0.05, 0) is 41.8 Å². The van der Waals surface area contributed by atoms with Crippen LogP contribution in [0.1, 0.15) is 34.9 Å². The average molecular weight is 433 g/mol. The van der Waals surface area contributed by atoms with E-state index in [0.29, 0.717) is 17.8 Å². The number of amides is 1. The summed E-state index contributed by atoms with van der Waals surface area (Å²) in [5.74, 6) is -0.802. The molecule has 0 aliphatic carbocycles. The van der Waals surface area contributed by atoms with Crippen LogP contribution in [0.25, 0.3) is 11.3 Å². The predicted molar refractivity (Wildman–Crippen MR) is 114 cm³/mol. The summed E-state index contributed by atoms with van der Waals surface area (Å²) in [6.45, 7) is 2.33. The quantitative estimate of drug-likeness (QED) is 0.481. The third-order valence-electron chi connectivity index (χ3n) is 4.90. The zero-order chi connectivity index (χ0) is 22.5. The lowest BCUT2D eigenvalue weighted by molar-refractivity contribution is 0.0907. The van der Waals surface area contributed by atoms with Crippen LogP contribution in [0.4, 0.5) is 4.39 Å². The molecule has 162 valence electrons. The van der Waals surface area contributed by atoms with E-state index in [0.717, 1.165) is 10.2 Å². The molecule has 1 N–H and O–H groups in total. The van der Waals surface area contributed by atoms with Crippen molar-refractivity contribution in [3.05, 3.63) is 100 Å². The van der Waals surface area contributed by atoms with Crippen molar-refractivity contribution in [1.29, 1.82) is 0 Å². The lowest BCUT2D eigenvalue weighted by atomic mass is 10.0. The van der Waals surface area contributed by atoms with Gasteiger partial charge in [-0.1, -0.05) is 42.4 Å². The lowest BCUT2D eigenvalue weighted by Crippen LogP contribution is -2.28. The minimum Gasteiger partial charge on any atom is -0.347 e. The van der Waals surface area contributed by atoms with Crippen LogP contribution in [0.2, 0.25) is 0 Å². The van der Waals surface area contributed by atoms with E-state index >= 15 is 0 Å². The molecular weight excluding hydrogens is 413 g/mol. The van der Waals surface area contributed by atoms with Crippen LogP contribution >= 0.6 is 0 Å². The van der Waals surface area contributed by atoms with Crippen LogP contribution < -0.4 is 10.9 Å². The number of halogens is 1. The minimum atomic E-state index is -0.494. The highest BCUT2D eigenvalue weighted by molar-refractivity contribution is 5.89. The molecule has 0 unspecified atom stereocenters. The topological polar surface area (TPSA) is 103 Å². The first-order chi connectivity index (χ1) is 15.5. The first kappa shape index (κ1) is 21.1. The van der Waals surface area contributed by atoms with E-state index in [1.54, 1.807) is 18.2 Å². The molecule has 32 heavy (non-hydrogen) atoms. The van der Waals surface area contributed by atoms with E-state index in [1.807, 2.05) is 37.3 Å². The van der Waals surface area contributed by atoms with Gasteiger partial charge in [0.1, 0.15) is 12.4 Å². The molecule has 0 radical (unpaired) electrons. The Bertz CT molecular complexity index is 1270. The van der Waals surface area contributed by atoms with Gasteiger partial charge in [0.05, 0.1) is 5.69 Å². The van der Waals surface area contributed by atoms with Gasteiger partial charge in [-0.3, -0.25) is 9.59 Å². The van der Waals surface area contributed by atoms with E-state index in [-0.39, 0.29) is 35.6 Å². The normalized spacial score (nSPS) is 11.8. The standard InChI is InChI=1S/C23H20FN5O3/c1-15(16-5-3-2-4-6-16)13-25-22(31)23-26-20(28-32-23)14-29-21(30)12-11-19(27-29)17-7-9-18(24)10-8-17/h2-12,15H,13-14H2,1H3,(H,25,31)/t15-/m1/s1. The average Bonchev–Trinajstić information content (AvgIpc) is 3.28. The van der Waals surface area contributed by atoms with Gasteiger partial charge in [-0.25, -0.2) is 9.07 Å². The number of benzene rings is 2. The highest BCUT2D eigenvalue weighted by Gasteiger charge is 2.17. The van der Waals surface area contributed by atoms with Crippen molar-refractivity contribution in [2.75, 3.05) is 6.54 Å². The van der Waals surface area contributed by atoms with Gasteiger partial charge in [0, 0.05) is 18.2 Å². The Hall–Kier alpha value is -4.14. The van der Waals surface area contributed by atoms with E-state index in [1.165, 1.54) is 18.2 Å². The highest BCUT2D eigenvalue weighted by atomic mass is 19.1. The van der Waals surface area contributed by atoms with Gasteiger partial charge in [0.25, 0.3) is 5.56 Å². The molecule has 1 amide bonds. The van der Waals surface area contributed by atoms with E-state index in [9.17, 15) is 14.0 Å². The third kappa shape index (κ3) is 4.94. The molecule has 1 atom stereocenters. The molecule has 0 aliphatic rings. The summed E-state index contributed by atoms with van der Waals surface area (Å²) in [5.41, 5.74) is 1.87. The Morgan fingerprint density at radius 1 is 1.09 bits per heavy atom. The summed E-state index contributed by atoms with van der Waals surface area (Å²) in [5, 5.41) is 10.8. The number of nitrogens with zero attached hydrogens (tertiary/aromatic N) is 4. The number of carbonyl (C=O) groups is 1. The van der Waals surface area contributed by atoms with Gasteiger partial charge in [0.2, 0.25) is 0 Å². The number of hydrogen-bond donors (Lipinski definition) is 1. The van der Waals surface area contributed by atoms with Gasteiger partial charge in [-0.15, -0.1) is 0 Å². The fraction of sp³-hybridized carbons (Fsp3) is 0.174. The lowest BCUT2D eigenvalue weighted by Gasteiger charge is -2.11. The second-order valence-electron chi connectivity index (χ2n) is 7.26. The fourth-order valence-electron chi connectivity index (χ4n) is 3.10. The smallest absolute Gasteiger partial charge is 0.316 e. The molecule has 4 rings (SSSR count). The first-order valence-corrected chi connectivity index (χ1v) is 9.99. The first-order valence-electron chi connectivity index (χ1n) is 9.99. The van der Waals surface area contributed by atoms with Gasteiger partial charge in [-0.2, -0.15) is 10.1 Å². The molecular formula is C23H20FN5O3. The van der Waals surface area contributed by atoms with Crippen molar-refractivity contribution in [1.82, 2.24) is 25.2 Å². The molecule has 4 aromatic rings. The Morgan fingerprint density at radius 2 is 1.84 bits per heavy atom. The molecule has 0 saturated heterocycles. The summed E-state index contributed by atoms with van der Waals surface area (Å²) >= 11 is 0. The molecule has 0 bridgehead atoms. The Kier molecular flexibility index (Phi) is 6.16. The van der Waals surface area contributed by atoms with Crippen LogP contribution in [0.3, 0.4) is 0 Å². The number of aromatic nitrogens is 4. The Morgan fingerprint density at radius 3 is 2.59 bits per heavy atom. The second kappa shape index (κ2) is 9.34. The fourth-order valence-corrected chi connectivity index (χ4v) is 3.10. The Balaban J connectivity index is 1.42. The number of hydrogen-bond acceptors (Lipinski definition) is 6. The molecule has 2 aromatic carbocycles. The third-order valence-corrected chi connectivity index (χ3v) is 4.90. The van der Waals surface area contributed by atoms with Gasteiger partial charge < -0.3 is 9.84 Å². The largest absolute Gasteiger partial charge is 0.347 e. The van der Waals surface area contributed by atoms with Gasteiger partial charge in [0.15, 0.2) is 5.82 Å². The summed E-state index contributed by atoms with van der Waals surface area (Å²) in [6, 6.07) is 18.5. The van der Waals surface area contributed by atoms with Crippen LogP contribution in [0.15, 0.2) is 76.0 Å². The maximum absolute atomic E-state index is 13.2. The monoisotopic (exact) mass is 433 g/mol. The summed E-state index contributed by atoms with van der Waals surface area (Å²) in [6.07, 6.45) is 0. The summed E-state index contributed by atoms with van der Waals surface area (Å²) in [4.78, 5) is 28.6. The second-order valence-corrected chi connectivity index (χ2v) is 7.26. The molecule has 8 nitrogen and oxygen atoms in total. The summed E-state index contributed by atoms with van der Waals surface area (Å²) < 4.78 is 19.4. The predicted octanol–water partition coefficient (Wildman–Crippen LogP) is 3.01. The number of nitrogens with one attached hydrogen (secondary N) is 1. The zero-order valence-electron chi connectivity index (χ0n) is 17.2. The van der Waals surface area contributed by atoms with Crippen molar-refractivity contribution in [3.8, 4) is 11.3 Å². The van der Waals surface area contributed by atoms with Gasteiger partial charge >= 0.3 is 11.8 Å². The molecule has 9 heteroatoms. The van der Waals surface area contributed by atoms with Crippen LogP contribution in [-0.2, 0) is 6.54 Å². The molecule has 0 spiro atoms. The molecule has 2 heterocycles. The van der Waals surface area contributed by atoms with Crippen molar-refractivity contribution < 1.29 is 13.7 Å². The van der Waals surface area contributed by atoms with Crippen molar-refractivity contribution in [2.45, 2.75) is 19.4 Å². The molecule has 2 aromatic heterocycles. The highest BCUT2D eigenvalue weighted by Crippen LogP contribution is 2.16.